The predicted octanol–water partition coefficient (Wildman–Crippen LogP) is 5.28. The van der Waals surface area contributed by atoms with Crippen LogP contribution in [0.3, 0.4) is 0 Å². The molecule has 0 spiro atoms. The van der Waals surface area contributed by atoms with E-state index in [-0.39, 0.29) is 23.5 Å². The highest BCUT2D eigenvalue weighted by molar-refractivity contribution is 6.34. The van der Waals surface area contributed by atoms with Crippen molar-refractivity contribution in [3.8, 4) is 0 Å². The Morgan fingerprint density at radius 1 is 1.06 bits per heavy atom. The van der Waals surface area contributed by atoms with Crippen molar-refractivity contribution < 1.29 is 9.90 Å². The molecule has 176 valence electrons. The van der Waals surface area contributed by atoms with E-state index in [1.165, 1.54) is 38.5 Å². The van der Waals surface area contributed by atoms with Crippen LogP contribution in [0, 0.1) is 46.8 Å². The van der Waals surface area contributed by atoms with Gasteiger partial charge in [0.1, 0.15) is 17.6 Å². The molecule has 5 nitrogen and oxygen atoms in total. The van der Waals surface area contributed by atoms with Crippen molar-refractivity contribution in [3.63, 3.8) is 0 Å². The van der Waals surface area contributed by atoms with Gasteiger partial charge in [-0.1, -0.05) is 29.8 Å². The molecule has 33 heavy (non-hydrogen) atoms. The number of Topliss-reactive ketones (excluding diaryl/α,β-unsaturated/α-hetero) is 1. The first-order chi connectivity index (χ1) is 15.9. The van der Waals surface area contributed by atoms with Gasteiger partial charge in [-0.2, -0.15) is 0 Å². The fourth-order valence-corrected chi connectivity index (χ4v) is 9.84. The molecule has 1 aromatic carbocycles. The average Bonchev–Trinajstić information content (AvgIpc) is 3.14. The molecular weight excluding hydrogens is 434 g/mol. The molecule has 6 heteroatoms. The molecule has 1 heterocycles. The summed E-state index contributed by atoms with van der Waals surface area (Å²) < 4.78 is 1.71. The van der Waals surface area contributed by atoms with Crippen LogP contribution in [0.25, 0.3) is 11.0 Å². The van der Waals surface area contributed by atoms with Gasteiger partial charge in [-0.25, -0.2) is 4.68 Å². The van der Waals surface area contributed by atoms with Gasteiger partial charge in [0.05, 0.1) is 10.6 Å². The number of ketones is 1. The van der Waals surface area contributed by atoms with Crippen molar-refractivity contribution in [2.45, 2.75) is 76.9 Å². The zero-order chi connectivity index (χ0) is 22.5. The molecule has 5 saturated carbocycles. The highest BCUT2D eigenvalue weighted by atomic mass is 35.5. The minimum atomic E-state index is -0.295. The van der Waals surface area contributed by atoms with E-state index in [9.17, 15) is 9.90 Å². The van der Waals surface area contributed by atoms with Gasteiger partial charge < -0.3 is 5.11 Å². The summed E-state index contributed by atoms with van der Waals surface area (Å²) >= 11 is 6.41. The number of halogens is 1. The van der Waals surface area contributed by atoms with Crippen LogP contribution in [-0.2, 0) is 11.3 Å². The molecule has 5 aliphatic carbocycles. The molecule has 0 amide bonds. The number of hydrogen-bond acceptors (Lipinski definition) is 4. The SMILES string of the molecule is C[C@]12CC[C@@H]3[C@H]4CC[C@]5(O)CC5[C@H]4CC[C@H]3[C@@H]1CC[C@@H]2C(=O)Cn1nnc2cccc(Cl)c21. The number of hydrogen-bond donors (Lipinski definition) is 1. The smallest absolute Gasteiger partial charge is 0.157 e. The second-order valence-corrected chi connectivity index (χ2v) is 12.7. The lowest BCUT2D eigenvalue weighted by molar-refractivity contribution is -0.131. The van der Waals surface area contributed by atoms with E-state index >= 15 is 0 Å². The molecule has 5 fully saturated rings. The highest BCUT2D eigenvalue weighted by Gasteiger charge is 2.65. The van der Waals surface area contributed by atoms with E-state index in [0.29, 0.717) is 22.6 Å². The van der Waals surface area contributed by atoms with Crippen molar-refractivity contribution in [2.24, 2.45) is 46.8 Å². The number of benzene rings is 1. The number of aromatic nitrogens is 3. The van der Waals surface area contributed by atoms with Gasteiger partial charge in [0, 0.05) is 5.92 Å². The summed E-state index contributed by atoms with van der Waals surface area (Å²) in [5.41, 5.74) is 1.33. The molecule has 1 unspecified atom stereocenters. The van der Waals surface area contributed by atoms with E-state index in [4.69, 9.17) is 11.6 Å². The fraction of sp³-hybridized carbons (Fsp3) is 0.741. The van der Waals surface area contributed by atoms with Gasteiger partial charge in [0.25, 0.3) is 0 Å². The molecule has 1 N–H and O–H groups in total. The van der Waals surface area contributed by atoms with Gasteiger partial charge in [-0.15, -0.1) is 5.10 Å². The molecule has 1 aromatic heterocycles. The maximum Gasteiger partial charge on any atom is 0.157 e. The third-order valence-corrected chi connectivity index (χ3v) is 11.4. The molecule has 0 aliphatic heterocycles. The van der Waals surface area contributed by atoms with Crippen LogP contribution in [0.2, 0.25) is 5.02 Å². The summed E-state index contributed by atoms with van der Waals surface area (Å²) in [5, 5.41) is 19.8. The van der Waals surface area contributed by atoms with Crippen LogP contribution < -0.4 is 0 Å². The summed E-state index contributed by atoms with van der Waals surface area (Å²) in [6.07, 6.45) is 10.6. The predicted molar refractivity (Wildman–Crippen MR) is 127 cm³/mol. The quantitative estimate of drug-likeness (QED) is 0.666. The summed E-state index contributed by atoms with van der Waals surface area (Å²) in [4.78, 5) is 13.6. The first kappa shape index (κ1) is 20.9. The van der Waals surface area contributed by atoms with Gasteiger partial charge in [-0.05, 0) is 111 Å². The maximum absolute atomic E-state index is 13.6. The number of carbonyl (C=O) groups is 1. The van der Waals surface area contributed by atoms with Crippen molar-refractivity contribution in [2.75, 3.05) is 0 Å². The maximum atomic E-state index is 13.6. The Hall–Kier alpha value is -1.46. The van der Waals surface area contributed by atoms with E-state index in [1.54, 1.807) is 4.68 Å². The first-order valence-corrected chi connectivity index (χ1v) is 13.5. The second-order valence-electron chi connectivity index (χ2n) is 12.3. The van der Waals surface area contributed by atoms with Crippen molar-refractivity contribution in [1.29, 1.82) is 0 Å². The van der Waals surface area contributed by atoms with Crippen LogP contribution in [0.5, 0.6) is 0 Å². The van der Waals surface area contributed by atoms with E-state index in [1.807, 2.05) is 18.2 Å². The Bertz CT molecular complexity index is 1130. The lowest BCUT2D eigenvalue weighted by atomic mass is 9.49. The number of fused-ring (bicyclic) bond motifs is 8. The molecule has 2 aromatic rings. The minimum absolute atomic E-state index is 0.111. The number of rotatable bonds is 3. The molecule has 0 radical (unpaired) electrons. The molecule has 9 atom stereocenters. The Morgan fingerprint density at radius 2 is 1.82 bits per heavy atom. The van der Waals surface area contributed by atoms with Crippen molar-refractivity contribution in [1.82, 2.24) is 15.0 Å². The highest BCUT2D eigenvalue weighted by Crippen LogP contribution is 2.68. The number of nitrogens with zero attached hydrogens (tertiary/aromatic N) is 3. The Balaban J connectivity index is 1.11. The molecule has 0 saturated heterocycles. The van der Waals surface area contributed by atoms with E-state index in [0.717, 1.165) is 54.0 Å². The van der Waals surface area contributed by atoms with Crippen molar-refractivity contribution >= 4 is 28.4 Å². The topological polar surface area (TPSA) is 68.0 Å². The van der Waals surface area contributed by atoms with E-state index in [2.05, 4.69) is 17.2 Å². The lowest BCUT2D eigenvalue weighted by Gasteiger charge is -2.56. The molecule has 5 aliphatic rings. The standard InChI is InChI=1S/C27H34ClN3O2/c1-26-11-9-15-16-10-12-27(33)13-21(27)18(16)6-5-17(15)19(26)7-8-20(26)24(32)14-31-25-22(28)3-2-4-23(25)29-30-31/h2-4,15-21,33H,5-14H2,1H3/t15-,16-,17-,18+,19+,20-,21?,26+,27+/m1/s1. The summed E-state index contributed by atoms with van der Waals surface area (Å²) in [6, 6.07) is 5.61. The number of carbonyl (C=O) groups excluding carboxylic acids is 1. The van der Waals surface area contributed by atoms with Gasteiger partial charge >= 0.3 is 0 Å². The van der Waals surface area contributed by atoms with Crippen LogP contribution in [0.15, 0.2) is 18.2 Å². The Kier molecular flexibility index (Phi) is 4.45. The van der Waals surface area contributed by atoms with Gasteiger partial charge in [-0.3, -0.25) is 4.79 Å². The largest absolute Gasteiger partial charge is 0.390 e. The zero-order valence-electron chi connectivity index (χ0n) is 19.4. The minimum Gasteiger partial charge on any atom is -0.390 e. The molecular formula is C27H34ClN3O2. The van der Waals surface area contributed by atoms with Gasteiger partial charge in [0.15, 0.2) is 5.78 Å². The lowest BCUT2D eigenvalue weighted by Crippen LogP contribution is -2.50. The fourth-order valence-electron chi connectivity index (χ4n) is 9.57. The monoisotopic (exact) mass is 467 g/mol. The zero-order valence-corrected chi connectivity index (χ0v) is 20.2. The van der Waals surface area contributed by atoms with Crippen LogP contribution in [0.4, 0.5) is 0 Å². The Labute approximate surface area is 200 Å². The second kappa shape index (κ2) is 7.04. The summed E-state index contributed by atoms with van der Waals surface area (Å²) in [7, 11) is 0. The summed E-state index contributed by atoms with van der Waals surface area (Å²) in [5.74, 6) is 4.85. The van der Waals surface area contributed by atoms with Crippen LogP contribution in [-0.4, -0.2) is 31.5 Å². The van der Waals surface area contributed by atoms with Gasteiger partial charge in [0.2, 0.25) is 0 Å². The third-order valence-electron chi connectivity index (χ3n) is 11.1. The summed E-state index contributed by atoms with van der Waals surface area (Å²) in [6.45, 7) is 2.69. The van der Waals surface area contributed by atoms with Crippen LogP contribution in [0.1, 0.15) is 64.7 Å². The first-order valence-electron chi connectivity index (χ1n) is 13.1. The molecule has 7 rings (SSSR count). The van der Waals surface area contributed by atoms with Crippen molar-refractivity contribution in [3.05, 3.63) is 23.2 Å². The normalized spacial score (nSPS) is 45.7. The average molecular weight is 468 g/mol. The Morgan fingerprint density at radius 3 is 2.64 bits per heavy atom. The third kappa shape index (κ3) is 2.90. The number of aliphatic hydroxyl groups is 1. The molecule has 0 bridgehead atoms. The number of para-hydroxylation sites is 1. The van der Waals surface area contributed by atoms with E-state index < -0.39 is 0 Å². The van der Waals surface area contributed by atoms with Crippen LogP contribution >= 0.6 is 11.6 Å².